The first-order valence-electron chi connectivity index (χ1n) is 14.1. The second-order valence-electron chi connectivity index (χ2n) is 10.6. The summed E-state index contributed by atoms with van der Waals surface area (Å²) in [6.45, 7) is -1.02. The number of benzene rings is 3. The highest BCUT2D eigenvalue weighted by molar-refractivity contribution is 6.04. The first kappa shape index (κ1) is 29.7. The molecule has 0 atom stereocenters. The lowest BCUT2D eigenvalue weighted by molar-refractivity contribution is -0.154. The minimum atomic E-state index is -4.71. The number of carbonyl (C=O) groups excluding carboxylic acids is 1. The van der Waals surface area contributed by atoms with Crippen molar-refractivity contribution in [2.45, 2.75) is 19.1 Å². The molecule has 1 aliphatic rings. The van der Waals surface area contributed by atoms with Crippen LogP contribution < -0.4 is 20.3 Å². The van der Waals surface area contributed by atoms with Gasteiger partial charge in [0.15, 0.2) is 18.2 Å². The third-order valence-corrected chi connectivity index (χ3v) is 7.52. The first-order valence-corrected chi connectivity index (χ1v) is 14.1. The van der Waals surface area contributed by atoms with Crippen molar-refractivity contribution in [2.24, 2.45) is 0 Å². The number of alkyl halides is 3. The number of hydrogen-bond acceptors (Lipinski definition) is 6. The molecule has 3 aromatic carbocycles. The van der Waals surface area contributed by atoms with Gasteiger partial charge in [0.25, 0.3) is 11.5 Å². The number of anilines is 1. The summed E-state index contributed by atoms with van der Waals surface area (Å²) in [7, 11) is 0. The number of carbonyl (C=O) groups is 1. The topological polar surface area (TPSA) is 116 Å². The van der Waals surface area contributed by atoms with Gasteiger partial charge in [-0.15, -0.1) is 0 Å². The Morgan fingerprint density at radius 2 is 1.81 bits per heavy atom. The number of H-pyrrole nitrogens is 1. The van der Waals surface area contributed by atoms with Crippen molar-refractivity contribution in [1.29, 1.82) is 0 Å². The van der Waals surface area contributed by atoms with E-state index in [1.165, 1.54) is 12.1 Å². The summed E-state index contributed by atoms with van der Waals surface area (Å²) < 4.78 is 81.0. The summed E-state index contributed by atoms with van der Waals surface area (Å²) in [6.07, 6.45) is 1.03. The molecule has 0 fully saturated rings. The van der Waals surface area contributed by atoms with Crippen LogP contribution in [0.15, 0.2) is 84.0 Å². The summed E-state index contributed by atoms with van der Waals surface area (Å²) in [5, 5.41) is 14.5. The number of rotatable bonds is 8. The molecule has 3 aromatic heterocycles. The van der Waals surface area contributed by atoms with Crippen LogP contribution in [0.2, 0.25) is 0 Å². The minimum absolute atomic E-state index is 0.0321. The van der Waals surface area contributed by atoms with Crippen molar-refractivity contribution in [2.75, 3.05) is 11.9 Å². The molecule has 0 saturated heterocycles. The normalized spacial score (nSPS) is 12.4. The Balaban J connectivity index is 1.17. The van der Waals surface area contributed by atoms with Gasteiger partial charge in [-0.05, 0) is 66.6 Å². The average molecular weight is 649 g/mol. The van der Waals surface area contributed by atoms with E-state index in [-0.39, 0.29) is 17.1 Å². The van der Waals surface area contributed by atoms with Gasteiger partial charge in [0.1, 0.15) is 17.1 Å². The van der Waals surface area contributed by atoms with E-state index in [2.05, 4.69) is 20.6 Å². The Kier molecular flexibility index (Phi) is 7.22. The fourth-order valence-corrected chi connectivity index (χ4v) is 5.51. The number of aromatic amines is 1. The molecule has 1 aliphatic heterocycles. The van der Waals surface area contributed by atoms with Crippen LogP contribution in [0, 0.1) is 11.6 Å². The van der Waals surface area contributed by atoms with Gasteiger partial charge in [-0.3, -0.25) is 19.4 Å². The fourth-order valence-electron chi connectivity index (χ4n) is 5.51. The van der Waals surface area contributed by atoms with Gasteiger partial charge in [-0.2, -0.15) is 23.4 Å². The van der Waals surface area contributed by atoms with Gasteiger partial charge >= 0.3 is 6.18 Å². The Hall–Kier alpha value is -5.99. The summed E-state index contributed by atoms with van der Waals surface area (Å²) >= 11 is 0. The number of ether oxygens (including phenoxy) is 2. The van der Waals surface area contributed by atoms with E-state index in [0.29, 0.717) is 23.3 Å². The number of halogens is 5. The molecule has 0 bridgehead atoms. The molecule has 6 aromatic rings. The lowest BCUT2D eigenvalue weighted by Gasteiger charge is -2.16. The smallest absolute Gasteiger partial charge is 0.422 e. The predicted octanol–water partition coefficient (Wildman–Crippen LogP) is 6.40. The number of nitrogens with one attached hydrogen (secondary N) is 2. The molecular weight excluding hydrogens is 627 g/mol. The Labute approximate surface area is 261 Å². The minimum Gasteiger partial charge on any atom is -0.469 e. The first-order chi connectivity index (χ1) is 22.6. The number of nitrogens with zero attached hydrogens (tertiary/aromatic N) is 4. The lowest BCUT2D eigenvalue weighted by Crippen LogP contribution is -2.30. The van der Waals surface area contributed by atoms with Crippen molar-refractivity contribution < 1.29 is 36.2 Å². The van der Waals surface area contributed by atoms with Gasteiger partial charge < -0.3 is 14.8 Å². The maximum atomic E-state index is 15.4. The van der Waals surface area contributed by atoms with Crippen LogP contribution in [-0.2, 0) is 13.0 Å². The molecule has 47 heavy (non-hydrogen) atoms. The van der Waals surface area contributed by atoms with E-state index in [1.54, 1.807) is 24.7 Å². The largest absolute Gasteiger partial charge is 0.469 e. The predicted molar refractivity (Wildman–Crippen MR) is 159 cm³/mol. The molecule has 15 heteroatoms. The Morgan fingerprint density at radius 3 is 2.53 bits per heavy atom. The zero-order valence-electron chi connectivity index (χ0n) is 23.9. The van der Waals surface area contributed by atoms with E-state index in [1.807, 2.05) is 4.68 Å². The van der Waals surface area contributed by atoms with Gasteiger partial charge in [-0.25, -0.2) is 13.3 Å². The zero-order chi connectivity index (χ0) is 32.9. The Bertz CT molecular complexity index is 2210. The zero-order valence-corrected chi connectivity index (χ0v) is 23.9. The molecule has 0 aliphatic carbocycles. The monoisotopic (exact) mass is 648 g/mol. The molecule has 0 radical (unpaired) electrons. The Morgan fingerprint density at radius 1 is 1.00 bits per heavy atom. The van der Waals surface area contributed by atoms with Crippen LogP contribution in [0.4, 0.5) is 27.6 Å². The maximum Gasteiger partial charge on any atom is 0.422 e. The highest BCUT2D eigenvalue weighted by atomic mass is 19.4. The number of hydrogen-bond donors (Lipinski definition) is 2. The van der Waals surface area contributed by atoms with E-state index >= 15 is 4.39 Å². The molecule has 0 spiro atoms. The second-order valence-corrected chi connectivity index (χ2v) is 10.6. The number of pyridine rings is 1. The molecular formula is C32H21F5N6O4. The summed E-state index contributed by atoms with van der Waals surface area (Å²) in [5.74, 6) is -2.75. The van der Waals surface area contributed by atoms with Crippen molar-refractivity contribution in [3.05, 3.63) is 112 Å². The lowest BCUT2D eigenvalue weighted by atomic mass is 9.98. The van der Waals surface area contributed by atoms with Crippen molar-refractivity contribution in [3.63, 3.8) is 0 Å². The third-order valence-electron chi connectivity index (χ3n) is 7.52. The SMILES string of the molecule is O=C(Nc1ccc(Oc2cc3cnn4c3c(c2-c2cn[nH]c2)CC4)c(F)c1)c1ccc(OCC(F)(F)F)n(-c2ccc(F)cc2)c1=O. The van der Waals surface area contributed by atoms with Crippen LogP contribution >= 0.6 is 0 Å². The fraction of sp³-hybridized carbons (Fsp3) is 0.125. The molecule has 0 saturated carbocycles. The third kappa shape index (κ3) is 5.67. The quantitative estimate of drug-likeness (QED) is 0.185. The standard InChI is InChI=1S/C32H21F5N6O4/c33-19-1-4-21(5-2-19)43-27(46-16-32(35,36)37)8-6-23(31(43)45)30(44)41-20-3-7-25(24(34)12-20)47-26-11-17-15-40-42-10-9-22(29(17)42)28(26)18-13-38-39-14-18/h1-8,11-15H,9-10,16H2,(H,38,39)(H,41,44). The number of aromatic nitrogens is 5. The molecule has 1 amide bonds. The van der Waals surface area contributed by atoms with Crippen LogP contribution in [0.1, 0.15) is 15.9 Å². The van der Waals surface area contributed by atoms with E-state index in [9.17, 15) is 27.2 Å². The summed E-state index contributed by atoms with van der Waals surface area (Å²) in [6, 6.07) is 11.7. The van der Waals surface area contributed by atoms with Crippen LogP contribution in [0.5, 0.6) is 17.4 Å². The van der Waals surface area contributed by atoms with E-state index in [4.69, 9.17) is 9.47 Å². The van der Waals surface area contributed by atoms with Gasteiger partial charge in [0.05, 0.1) is 23.6 Å². The molecule has 238 valence electrons. The van der Waals surface area contributed by atoms with Gasteiger partial charge in [-0.1, -0.05) is 0 Å². The summed E-state index contributed by atoms with van der Waals surface area (Å²) in [5.41, 5.74) is 1.82. The van der Waals surface area contributed by atoms with Crippen molar-refractivity contribution in [1.82, 2.24) is 24.5 Å². The van der Waals surface area contributed by atoms with Crippen LogP contribution in [-0.4, -0.2) is 43.2 Å². The molecule has 7 rings (SSSR count). The van der Waals surface area contributed by atoms with Crippen LogP contribution in [0.25, 0.3) is 27.7 Å². The van der Waals surface area contributed by atoms with E-state index in [0.717, 1.165) is 70.1 Å². The number of aryl methyl sites for hydroxylation is 2. The van der Waals surface area contributed by atoms with Crippen molar-refractivity contribution >= 4 is 22.5 Å². The molecule has 4 heterocycles. The van der Waals surface area contributed by atoms with Crippen LogP contribution in [0.3, 0.4) is 0 Å². The van der Waals surface area contributed by atoms with Gasteiger partial charge in [0.2, 0.25) is 5.88 Å². The van der Waals surface area contributed by atoms with E-state index < -0.39 is 47.3 Å². The van der Waals surface area contributed by atoms with Gasteiger partial charge in [0, 0.05) is 41.0 Å². The highest BCUT2D eigenvalue weighted by Crippen LogP contribution is 2.43. The maximum absolute atomic E-state index is 15.4. The summed E-state index contributed by atoms with van der Waals surface area (Å²) in [4.78, 5) is 26.5. The average Bonchev–Trinajstić information content (AvgIpc) is 3.80. The number of amides is 1. The highest BCUT2D eigenvalue weighted by Gasteiger charge is 2.30. The van der Waals surface area contributed by atoms with Crippen molar-refractivity contribution in [3.8, 4) is 34.2 Å². The second kappa shape index (κ2) is 11.4. The molecule has 0 unspecified atom stereocenters. The molecule has 10 nitrogen and oxygen atoms in total. The molecule has 2 N–H and O–H groups in total.